The number of benzene rings is 3. The molecule has 2 nitrogen and oxygen atoms in total. The maximum absolute atomic E-state index is 13.8. The summed E-state index contributed by atoms with van der Waals surface area (Å²) < 4.78 is 20.0. The first-order valence-corrected chi connectivity index (χ1v) is 9.68. The Bertz CT molecular complexity index is 783. The van der Waals surface area contributed by atoms with Gasteiger partial charge in [0.25, 0.3) is 7.37 Å². The molecule has 0 radical (unpaired) electrons. The van der Waals surface area contributed by atoms with E-state index in [4.69, 9.17) is 4.52 Å². The van der Waals surface area contributed by atoms with E-state index in [0.717, 1.165) is 16.2 Å². The van der Waals surface area contributed by atoms with Gasteiger partial charge in [-0.3, -0.25) is 4.57 Å². The van der Waals surface area contributed by atoms with Crippen LogP contribution in [0, 0.1) is 6.92 Å². The number of aryl methyl sites for hydroxylation is 1. The van der Waals surface area contributed by atoms with Crippen molar-refractivity contribution in [2.75, 3.05) is 0 Å². The third kappa shape index (κ3) is 3.51. The average Bonchev–Trinajstić information content (AvgIpc) is 2.63. The van der Waals surface area contributed by atoms with Gasteiger partial charge in [-0.25, -0.2) is 0 Å². The minimum absolute atomic E-state index is 0.267. The van der Waals surface area contributed by atoms with E-state index >= 15 is 0 Å². The third-order valence-corrected chi connectivity index (χ3v) is 6.61. The van der Waals surface area contributed by atoms with Crippen LogP contribution in [0.25, 0.3) is 0 Å². The van der Waals surface area contributed by atoms with Crippen molar-refractivity contribution in [2.24, 2.45) is 0 Å². The molecule has 0 aliphatic rings. The summed E-state index contributed by atoms with van der Waals surface area (Å²) in [6, 6.07) is 27.0. The molecule has 3 rings (SSSR count). The number of hydrogen-bond donors (Lipinski definition) is 0. The third-order valence-electron chi connectivity index (χ3n) is 4.05. The molecular formula is C21H21O2P. The van der Waals surface area contributed by atoms with Crippen molar-refractivity contribution in [3.05, 3.63) is 96.1 Å². The average molecular weight is 336 g/mol. The van der Waals surface area contributed by atoms with Crippen LogP contribution in [0.2, 0.25) is 0 Å². The summed E-state index contributed by atoms with van der Waals surface area (Å²) in [6.45, 7) is 4.00. The molecule has 0 N–H and O–H groups in total. The topological polar surface area (TPSA) is 26.3 Å². The van der Waals surface area contributed by atoms with Crippen molar-refractivity contribution in [1.82, 2.24) is 0 Å². The Kier molecular flexibility index (Phi) is 4.99. The monoisotopic (exact) mass is 336 g/mol. The molecule has 0 bridgehead atoms. The fourth-order valence-electron chi connectivity index (χ4n) is 2.64. The Morgan fingerprint density at radius 3 is 1.67 bits per heavy atom. The smallest absolute Gasteiger partial charge is 0.261 e. The van der Waals surface area contributed by atoms with Crippen LogP contribution in [-0.2, 0) is 9.09 Å². The maximum Gasteiger partial charge on any atom is 0.261 e. The van der Waals surface area contributed by atoms with Crippen molar-refractivity contribution >= 4 is 18.0 Å². The van der Waals surface area contributed by atoms with Crippen molar-refractivity contribution in [1.29, 1.82) is 0 Å². The first-order chi connectivity index (χ1) is 11.6. The van der Waals surface area contributed by atoms with Gasteiger partial charge < -0.3 is 4.52 Å². The van der Waals surface area contributed by atoms with Crippen LogP contribution in [0.4, 0.5) is 0 Å². The molecule has 0 aromatic heterocycles. The van der Waals surface area contributed by atoms with Gasteiger partial charge in [-0.1, -0.05) is 66.2 Å². The highest BCUT2D eigenvalue weighted by Gasteiger charge is 2.30. The summed E-state index contributed by atoms with van der Waals surface area (Å²) in [6.07, 6.45) is -0.267. The molecule has 0 unspecified atom stereocenters. The molecule has 0 aliphatic heterocycles. The van der Waals surface area contributed by atoms with Crippen LogP contribution in [0.5, 0.6) is 0 Å². The summed E-state index contributed by atoms with van der Waals surface area (Å²) in [5, 5.41) is 1.44. The van der Waals surface area contributed by atoms with Gasteiger partial charge in [0.15, 0.2) is 0 Å². The van der Waals surface area contributed by atoms with Crippen molar-refractivity contribution < 1.29 is 9.09 Å². The molecule has 1 atom stereocenters. The summed E-state index contributed by atoms with van der Waals surface area (Å²) in [4.78, 5) is 0. The largest absolute Gasteiger partial charge is 0.314 e. The lowest BCUT2D eigenvalue weighted by Gasteiger charge is -2.24. The molecule has 3 aromatic carbocycles. The van der Waals surface area contributed by atoms with E-state index < -0.39 is 7.37 Å². The second kappa shape index (κ2) is 7.17. The summed E-state index contributed by atoms with van der Waals surface area (Å²) in [5.74, 6) is 0. The second-order valence-corrected chi connectivity index (χ2v) is 8.23. The number of rotatable bonds is 5. The zero-order chi connectivity index (χ0) is 17.0. The molecule has 0 fully saturated rings. The van der Waals surface area contributed by atoms with Crippen LogP contribution in [0.3, 0.4) is 0 Å². The Hall–Kier alpha value is -2.15. The first-order valence-electron chi connectivity index (χ1n) is 8.06. The van der Waals surface area contributed by atoms with Crippen molar-refractivity contribution in [3.8, 4) is 0 Å². The molecule has 122 valence electrons. The second-order valence-electron chi connectivity index (χ2n) is 5.88. The fraction of sp³-hybridized carbons (Fsp3) is 0.143. The molecule has 0 saturated carbocycles. The molecule has 0 saturated heterocycles. The van der Waals surface area contributed by atoms with E-state index in [1.807, 2.05) is 98.8 Å². The van der Waals surface area contributed by atoms with Gasteiger partial charge in [-0.2, -0.15) is 0 Å². The minimum Gasteiger partial charge on any atom is -0.314 e. The standard InChI is InChI=1S/C21H21O2P/c1-17-13-15-19(16-14-17)18(2)23-24(22,20-9-5-3-6-10-20)21-11-7-4-8-12-21/h3-16,18H,1-2H3/t18-/m1/s1. The predicted molar refractivity (Wildman–Crippen MR) is 100 cm³/mol. The maximum atomic E-state index is 13.8. The highest BCUT2D eigenvalue weighted by molar-refractivity contribution is 7.74. The van der Waals surface area contributed by atoms with Gasteiger partial charge in [0.2, 0.25) is 0 Å². The molecule has 0 spiro atoms. The normalized spacial score (nSPS) is 12.8. The Balaban J connectivity index is 2.00. The van der Waals surface area contributed by atoms with Crippen LogP contribution in [0.1, 0.15) is 24.2 Å². The summed E-state index contributed by atoms with van der Waals surface area (Å²) >= 11 is 0. The fourth-order valence-corrected chi connectivity index (χ4v) is 4.88. The van der Waals surface area contributed by atoms with E-state index in [9.17, 15) is 4.57 Å². The lowest BCUT2D eigenvalue weighted by molar-refractivity contribution is 0.238. The van der Waals surface area contributed by atoms with E-state index in [1.54, 1.807) is 0 Å². The van der Waals surface area contributed by atoms with Crippen LogP contribution in [0.15, 0.2) is 84.9 Å². The zero-order valence-corrected chi connectivity index (χ0v) is 14.8. The van der Waals surface area contributed by atoms with E-state index in [-0.39, 0.29) is 6.10 Å². The highest BCUT2D eigenvalue weighted by Crippen LogP contribution is 2.48. The highest BCUT2D eigenvalue weighted by atomic mass is 31.2. The van der Waals surface area contributed by atoms with Crippen LogP contribution < -0.4 is 10.6 Å². The predicted octanol–water partition coefficient (Wildman–Crippen LogP) is 5.00. The summed E-state index contributed by atoms with van der Waals surface area (Å²) in [7, 11) is -3.16. The molecule has 24 heavy (non-hydrogen) atoms. The zero-order valence-electron chi connectivity index (χ0n) is 13.9. The molecule has 3 heteroatoms. The molecular weight excluding hydrogens is 315 g/mol. The van der Waals surface area contributed by atoms with Gasteiger partial charge in [-0.15, -0.1) is 0 Å². The lowest BCUT2D eigenvalue weighted by atomic mass is 10.1. The van der Waals surface area contributed by atoms with E-state index in [1.165, 1.54) is 5.56 Å². The Morgan fingerprint density at radius 2 is 1.21 bits per heavy atom. The number of hydrogen-bond acceptors (Lipinski definition) is 2. The molecule has 0 amide bonds. The Labute approximate surface area is 143 Å². The Morgan fingerprint density at radius 1 is 0.750 bits per heavy atom. The molecule has 3 aromatic rings. The van der Waals surface area contributed by atoms with Crippen LogP contribution in [-0.4, -0.2) is 0 Å². The minimum atomic E-state index is -3.16. The molecule has 0 heterocycles. The first kappa shape index (κ1) is 16.7. The van der Waals surface area contributed by atoms with Gasteiger partial charge in [-0.05, 0) is 43.7 Å². The SMILES string of the molecule is Cc1ccc([C@@H](C)OP(=O)(c2ccccc2)c2ccccc2)cc1. The van der Waals surface area contributed by atoms with Crippen molar-refractivity contribution in [3.63, 3.8) is 0 Å². The van der Waals surface area contributed by atoms with Gasteiger partial charge in [0.05, 0.1) is 6.10 Å². The summed E-state index contributed by atoms with van der Waals surface area (Å²) in [5.41, 5.74) is 2.22. The van der Waals surface area contributed by atoms with E-state index in [0.29, 0.717) is 0 Å². The van der Waals surface area contributed by atoms with E-state index in [2.05, 4.69) is 0 Å². The molecule has 0 aliphatic carbocycles. The van der Waals surface area contributed by atoms with Gasteiger partial charge in [0, 0.05) is 10.6 Å². The van der Waals surface area contributed by atoms with Gasteiger partial charge >= 0.3 is 0 Å². The van der Waals surface area contributed by atoms with Gasteiger partial charge in [0.1, 0.15) is 0 Å². The quantitative estimate of drug-likeness (QED) is 0.613. The van der Waals surface area contributed by atoms with Crippen molar-refractivity contribution in [2.45, 2.75) is 20.0 Å². The lowest BCUT2D eigenvalue weighted by Crippen LogP contribution is -2.19. The van der Waals surface area contributed by atoms with Crippen LogP contribution >= 0.6 is 7.37 Å².